The van der Waals surface area contributed by atoms with Crippen LogP contribution in [0.15, 0.2) is 12.3 Å². The van der Waals surface area contributed by atoms with Crippen LogP contribution in [0.5, 0.6) is 0 Å². The lowest BCUT2D eigenvalue weighted by molar-refractivity contribution is 0.0113. The number of halogens is 1. The van der Waals surface area contributed by atoms with Gasteiger partial charge in [0.05, 0.1) is 5.60 Å². The predicted molar refractivity (Wildman–Crippen MR) is 60.6 cm³/mol. The maximum Gasteiger partial charge on any atom is 0.123 e. The van der Waals surface area contributed by atoms with Crippen LogP contribution in [0.4, 0.5) is 0 Å². The Morgan fingerprint density at radius 3 is 2.77 bits per heavy atom. The first-order valence-electron chi connectivity index (χ1n) is 4.27. The van der Waals surface area contributed by atoms with E-state index in [1.165, 1.54) is 0 Å². The summed E-state index contributed by atoms with van der Waals surface area (Å²) in [6.07, 6.45) is 2.97. The first kappa shape index (κ1) is 11.0. The van der Waals surface area contributed by atoms with E-state index in [4.69, 9.17) is 4.74 Å². The average molecular weight is 294 g/mol. The molecule has 1 aromatic heterocycles. The smallest absolute Gasteiger partial charge is 0.123 e. The number of methoxy groups -OCH3 is 1. The van der Waals surface area contributed by atoms with Crippen molar-refractivity contribution < 1.29 is 4.74 Å². The van der Waals surface area contributed by atoms with Gasteiger partial charge in [-0.2, -0.15) is 5.10 Å². The van der Waals surface area contributed by atoms with Gasteiger partial charge in [0.2, 0.25) is 0 Å². The Morgan fingerprint density at radius 1 is 1.62 bits per heavy atom. The van der Waals surface area contributed by atoms with Crippen LogP contribution in [0, 0.1) is 3.70 Å². The minimum Gasteiger partial charge on any atom is -0.379 e. The molecule has 0 saturated heterocycles. The van der Waals surface area contributed by atoms with Crippen LogP contribution in [0.1, 0.15) is 20.3 Å². The molecule has 3 nitrogen and oxygen atoms in total. The number of hydrogen-bond acceptors (Lipinski definition) is 2. The van der Waals surface area contributed by atoms with Crippen molar-refractivity contribution in [2.45, 2.75) is 32.4 Å². The average Bonchev–Trinajstić information content (AvgIpc) is 2.48. The Balaban J connectivity index is 2.43. The summed E-state index contributed by atoms with van der Waals surface area (Å²) in [5, 5.41) is 4.30. The van der Waals surface area contributed by atoms with Crippen LogP contribution in [-0.2, 0) is 11.3 Å². The molecule has 0 atom stereocenters. The lowest BCUT2D eigenvalue weighted by Crippen LogP contribution is -2.24. The zero-order valence-corrected chi connectivity index (χ0v) is 10.4. The molecule has 0 aliphatic rings. The normalized spacial score (nSPS) is 12.0. The van der Waals surface area contributed by atoms with E-state index in [1.807, 2.05) is 16.9 Å². The topological polar surface area (TPSA) is 27.1 Å². The van der Waals surface area contributed by atoms with E-state index >= 15 is 0 Å². The second-order valence-electron chi connectivity index (χ2n) is 3.62. The highest BCUT2D eigenvalue weighted by Gasteiger charge is 2.15. The highest BCUT2D eigenvalue weighted by molar-refractivity contribution is 14.1. The Kier molecular flexibility index (Phi) is 3.73. The van der Waals surface area contributed by atoms with Crippen molar-refractivity contribution in [3.8, 4) is 0 Å². The van der Waals surface area contributed by atoms with Crippen LogP contribution in [-0.4, -0.2) is 22.5 Å². The molecular formula is C9H15IN2O. The maximum absolute atomic E-state index is 5.32. The molecule has 0 aliphatic carbocycles. The molecule has 4 heteroatoms. The van der Waals surface area contributed by atoms with Gasteiger partial charge in [-0.05, 0) is 48.9 Å². The van der Waals surface area contributed by atoms with Crippen molar-refractivity contribution in [2.75, 3.05) is 7.11 Å². The lowest BCUT2D eigenvalue weighted by atomic mass is 10.1. The van der Waals surface area contributed by atoms with Crippen molar-refractivity contribution in [1.82, 2.24) is 9.78 Å². The molecule has 0 amide bonds. The van der Waals surface area contributed by atoms with Gasteiger partial charge in [0, 0.05) is 19.9 Å². The summed E-state index contributed by atoms with van der Waals surface area (Å²) in [4.78, 5) is 0. The van der Waals surface area contributed by atoms with Crippen molar-refractivity contribution in [2.24, 2.45) is 0 Å². The van der Waals surface area contributed by atoms with Gasteiger partial charge in [-0.1, -0.05) is 0 Å². The molecule has 0 unspecified atom stereocenters. The third-order valence-electron chi connectivity index (χ3n) is 2.10. The fourth-order valence-corrected chi connectivity index (χ4v) is 1.39. The summed E-state index contributed by atoms with van der Waals surface area (Å²) >= 11 is 2.21. The molecule has 1 heterocycles. The maximum atomic E-state index is 5.32. The van der Waals surface area contributed by atoms with Gasteiger partial charge in [0.1, 0.15) is 3.70 Å². The SMILES string of the molecule is COC(C)(C)CCn1ccc(I)n1. The van der Waals surface area contributed by atoms with Gasteiger partial charge >= 0.3 is 0 Å². The largest absolute Gasteiger partial charge is 0.379 e. The monoisotopic (exact) mass is 294 g/mol. The van der Waals surface area contributed by atoms with E-state index in [1.54, 1.807) is 7.11 Å². The van der Waals surface area contributed by atoms with Crippen LogP contribution < -0.4 is 0 Å². The fraction of sp³-hybridized carbons (Fsp3) is 0.667. The second-order valence-corrected chi connectivity index (χ2v) is 4.72. The molecule has 74 valence electrons. The molecule has 0 fully saturated rings. The first-order valence-corrected chi connectivity index (χ1v) is 5.35. The van der Waals surface area contributed by atoms with Crippen molar-refractivity contribution >= 4 is 22.6 Å². The fourth-order valence-electron chi connectivity index (χ4n) is 0.947. The minimum absolute atomic E-state index is 0.0581. The van der Waals surface area contributed by atoms with Gasteiger partial charge < -0.3 is 4.74 Å². The van der Waals surface area contributed by atoms with E-state index in [0.29, 0.717) is 0 Å². The standard InChI is InChI=1S/C9H15IN2O/c1-9(2,13-3)5-7-12-6-4-8(10)11-12/h4,6H,5,7H2,1-3H3. The summed E-state index contributed by atoms with van der Waals surface area (Å²) in [6.45, 7) is 5.08. The van der Waals surface area contributed by atoms with Crippen LogP contribution in [0.25, 0.3) is 0 Å². The number of nitrogens with zero attached hydrogens (tertiary/aromatic N) is 2. The van der Waals surface area contributed by atoms with Gasteiger partial charge in [-0.3, -0.25) is 4.68 Å². The molecule has 0 spiro atoms. The zero-order chi connectivity index (χ0) is 9.90. The third-order valence-corrected chi connectivity index (χ3v) is 2.68. The lowest BCUT2D eigenvalue weighted by Gasteiger charge is -2.22. The molecular weight excluding hydrogens is 279 g/mol. The molecule has 0 saturated carbocycles. The van der Waals surface area contributed by atoms with Crippen molar-refractivity contribution in [3.05, 3.63) is 16.0 Å². The van der Waals surface area contributed by atoms with Gasteiger partial charge in [0.15, 0.2) is 0 Å². The number of aryl methyl sites for hydroxylation is 1. The molecule has 0 aromatic carbocycles. The quantitative estimate of drug-likeness (QED) is 0.797. The van der Waals surface area contributed by atoms with E-state index in [2.05, 4.69) is 41.5 Å². The van der Waals surface area contributed by atoms with Crippen molar-refractivity contribution in [1.29, 1.82) is 0 Å². The summed E-state index contributed by atoms with van der Waals surface area (Å²) in [5.74, 6) is 0. The molecule has 0 bridgehead atoms. The summed E-state index contributed by atoms with van der Waals surface area (Å²) in [6, 6.07) is 2.00. The number of aromatic nitrogens is 2. The van der Waals surface area contributed by atoms with Crippen molar-refractivity contribution in [3.63, 3.8) is 0 Å². The highest BCUT2D eigenvalue weighted by atomic mass is 127. The summed E-state index contributed by atoms with van der Waals surface area (Å²) < 4.78 is 8.31. The van der Waals surface area contributed by atoms with E-state index in [9.17, 15) is 0 Å². The highest BCUT2D eigenvalue weighted by Crippen LogP contribution is 2.13. The van der Waals surface area contributed by atoms with E-state index in [0.717, 1.165) is 16.7 Å². The zero-order valence-electron chi connectivity index (χ0n) is 8.25. The van der Waals surface area contributed by atoms with Gasteiger partial charge in [0.25, 0.3) is 0 Å². The van der Waals surface area contributed by atoms with Gasteiger partial charge in [-0.15, -0.1) is 0 Å². The Bertz CT molecular complexity index is 270. The Hall–Kier alpha value is -0.100. The molecule has 1 rings (SSSR count). The van der Waals surface area contributed by atoms with Crippen LogP contribution in [0.2, 0.25) is 0 Å². The van der Waals surface area contributed by atoms with Crippen LogP contribution >= 0.6 is 22.6 Å². The second kappa shape index (κ2) is 4.41. The van der Waals surface area contributed by atoms with Crippen LogP contribution in [0.3, 0.4) is 0 Å². The number of hydrogen-bond donors (Lipinski definition) is 0. The molecule has 0 aliphatic heterocycles. The first-order chi connectivity index (χ1) is 6.03. The molecule has 13 heavy (non-hydrogen) atoms. The van der Waals surface area contributed by atoms with E-state index in [-0.39, 0.29) is 5.60 Å². The Labute approximate surface area is 92.6 Å². The molecule has 0 N–H and O–H groups in total. The number of ether oxygens (including phenoxy) is 1. The summed E-state index contributed by atoms with van der Waals surface area (Å²) in [7, 11) is 1.74. The summed E-state index contributed by atoms with van der Waals surface area (Å²) in [5.41, 5.74) is -0.0581. The van der Waals surface area contributed by atoms with Gasteiger partial charge in [-0.25, -0.2) is 0 Å². The minimum atomic E-state index is -0.0581. The third kappa shape index (κ3) is 3.64. The Morgan fingerprint density at radius 2 is 2.31 bits per heavy atom. The molecule has 1 aromatic rings. The molecule has 0 radical (unpaired) electrons. The predicted octanol–water partition coefficient (Wildman–Crippen LogP) is 2.30. The van der Waals surface area contributed by atoms with E-state index < -0.39 is 0 Å². The number of rotatable bonds is 4.